The molecule has 16 heteroatoms. The molecule has 0 bridgehead atoms. The number of sulfonamides is 1. The minimum atomic E-state index is -4.89. The van der Waals surface area contributed by atoms with Crippen LogP contribution in [0.4, 0.5) is 27.6 Å². The predicted octanol–water partition coefficient (Wildman–Crippen LogP) is 3.03. The Morgan fingerprint density at radius 3 is 2.45 bits per heavy atom. The van der Waals surface area contributed by atoms with Crippen LogP contribution in [-0.2, 0) is 31.4 Å². The van der Waals surface area contributed by atoms with Gasteiger partial charge in [0, 0.05) is 37.8 Å². The largest absolute Gasteiger partial charge is 0.377 e. The van der Waals surface area contributed by atoms with Crippen molar-refractivity contribution >= 4 is 33.3 Å². The fourth-order valence-corrected chi connectivity index (χ4v) is 6.33. The number of hydrogen-bond donors (Lipinski definition) is 3. The molecule has 2 fully saturated rings. The van der Waals surface area contributed by atoms with Crippen LogP contribution in [0, 0.1) is 23.4 Å². The number of nitrogens with zero attached hydrogens (tertiary/aromatic N) is 1. The Bertz CT molecular complexity index is 1480. The number of aromatic nitrogens is 1. The average Bonchev–Trinajstić information content (AvgIpc) is 3.12. The van der Waals surface area contributed by atoms with Gasteiger partial charge in [0.05, 0.1) is 25.3 Å². The molecule has 2 heterocycles. The second kappa shape index (κ2) is 12.5. The Morgan fingerprint density at radius 1 is 1.10 bits per heavy atom. The van der Waals surface area contributed by atoms with Crippen molar-refractivity contribution in [1.29, 1.82) is 0 Å². The van der Waals surface area contributed by atoms with E-state index in [1.807, 2.05) is 4.72 Å². The molecule has 2 aromatic rings. The first-order valence-electron chi connectivity index (χ1n) is 13.1. The summed E-state index contributed by atoms with van der Waals surface area (Å²) in [7, 11) is -3.75. The Morgan fingerprint density at radius 2 is 1.81 bits per heavy atom. The number of Topliss-reactive ketones (excluding diaryl/α,β-unsaturated/α-hetero) is 1. The summed E-state index contributed by atoms with van der Waals surface area (Å²) in [6, 6.07) is 0.225. The summed E-state index contributed by atoms with van der Waals surface area (Å²) in [5, 5.41) is 4.62. The number of ether oxygens (including phenoxy) is 1. The normalized spacial score (nSPS) is 20.8. The molecule has 1 saturated carbocycles. The van der Waals surface area contributed by atoms with Crippen molar-refractivity contribution < 1.29 is 49.5 Å². The van der Waals surface area contributed by atoms with Crippen molar-refractivity contribution in [2.24, 2.45) is 13.0 Å². The van der Waals surface area contributed by atoms with E-state index in [-0.39, 0.29) is 43.8 Å². The molecule has 3 N–H and O–H groups in total. The minimum Gasteiger partial charge on any atom is -0.377 e. The average molecular weight is 621 g/mol. The molecule has 0 spiro atoms. The van der Waals surface area contributed by atoms with Gasteiger partial charge in [0.1, 0.15) is 10.6 Å². The number of benzene rings is 1. The number of hydrogen-bond acceptors (Lipinski definition) is 6. The van der Waals surface area contributed by atoms with Gasteiger partial charge in [-0.25, -0.2) is 35.1 Å². The highest BCUT2D eigenvalue weighted by atomic mass is 32.2. The van der Waals surface area contributed by atoms with E-state index in [9.17, 15) is 31.6 Å². The molecule has 2 aliphatic rings. The predicted molar refractivity (Wildman–Crippen MR) is 138 cm³/mol. The van der Waals surface area contributed by atoms with Crippen molar-refractivity contribution in [3.63, 3.8) is 0 Å². The number of anilines is 1. The highest BCUT2D eigenvalue weighted by Crippen LogP contribution is 2.38. The van der Waals surface area contributed by atoms with Gasteiger partial charge in [-0.1, -0.05) is 12.8 Å². The minimum absolute atomic E-state index is 0.00617. The molecule has 10 nitrogen and oxygen atoms in total. The number of carbonyl (C=O) groups is 3. The molecule has 1 aliphatic heterocycles. The molecule has 0 radical (unpaired) electrons. The van der Waals surface area contributed by atoms with Crippen LogP contribution in [-0.4, -0.2) is 61.8 Å². The summed E-state index contributed by atoms with van der Waals surface area (Å²) in [4.78, 5) is 35.6. The molecule has 4 rings (SSSR count). The molecule has 2 amide bonds. The Kier molecular flexibility index (Phi) is 9.37. The second-order valence-corrected chi connectivity index (χ2v) is 12.1. The van der Waals surface area contributed by atoms with Crippen molar-refractivity contribution in [3.05, 3.63) is 47.5 Å². The van der Waals surface area contributed by atoms with Crippen LogP contribution in [0.3, 0.4) is 0 Å². The fourth-order valence-electron chi connectivity index (χ4n) is 4.91. The fraction of sp³-hybridized carbons (Fsp3) is 0.500. The maximum atomic E-state index is 15.2. The number of amides is 2. The third kappa shape index (κ3) is 7.15. The van der Waals surface area contributed by atoms with Gasteiger partial charge in [0.15, 0.2) is 17.5 Å². The van der Waals surface area contributed by atoms with E-state index in [1.165, 1.54) is 0 Å². The van der Waals surface area contributed by atoms with E-state index in [4.69, 9.17) is 4.74 Å². The van der Waals surface area contributed by atoms with Crippen LogP contribution in [0.1, 0.15) is 49.0 Å². The van der Waals surface area contributed by atoms with Crippen LogP contribution < -0.4 is 15.4 Å². The first-order chi connectivity index (χ1) is 19.7. The number of aryl methyl sites for hydroxylation is 1. The third-order valence-corrected chi connectivity index (χ3v) is 8.71. The topological polar surface area (TPSA) is 136 Å². The summed E-state index contributed by atoms with van der Waals surface area (Å²) in [5.74, 6) is -11.0. The Balaban J connectivity index is 1.41. The molecule has 1 aliphatic carbocycles. The van der Waals surface area contributed by atoms with E-state index in [1.54, 1.807) is 0 Å². The van der Waals surface area contributed by atoms with Crippen LogP contribution in [0.5, 0.6) is 0 Å². The van der Waals surface area contributed by atoms with Gasteiger partial charge in [0.25, 0.3) is 17.7 Å². The number of halogens is 5. The van der Waals surface area contributed by atoms with Crippen LogP contribution >= 0.6 is 0 Å². The SMILES string of the molecule is Cn1cc(S(=O)(=O)NC2CCCC(CCC(=O)C(=O)NC3COC3)CC2(F)F)c(F)c1C(=O)Nc1ccc(F)c(F)c1. The lowest BCUT2D eigenvalue weighted by atomic mass is 9.92. The molecule has 1 saturated heterocycles. The maximum Gasteiger partial charge on any atom is 0.287 e. The highest BCUT2D eigenvalue weighted by Gasteiger charge is 2.46. The van der Waals surface area contributed by atoms with E-state index in [2.05, 4.69) is 10.6 Å². The lowest BCUT2D eigenvalue weighted by Gasteiger charge is -2.27. The van der Waals surface area contributed by atoms with E-state index >= 15 is 13.2 Å². The zero-order valence-corrected chi connectivity index (χ0v) is 23.2. The lowest BCUT2D eigenvalue weighted by molar-refractivity contribution is -0.140. The molecule has 1 aromatic carbocycles. The van der Waals surface area contributed by atoms with Crippen LogP contribution in [0.15, 0.2) is 29.3 Å². The Labute approximate surface area is 238 Å². The summed E-state index contributed by atoms with van der Waals surface area (Å²) >= 11 is 0. The van der Waals surface area contributed by atoms with Gasteiger partial charge in [-0.2, -0.15) is 0 Å². The highest BCUT2D eigenvalue weighted by molar-refractivity contribution is 7.89. The molecule has 2 atom stereocenters. The van der Waals surface area contributed by atoms with Crippen molar-refractivity contribution in [2.45, 2.75) is 61.4 Å². The van der Waals surface area contributed by atoms with Gasteiger partial charge in [-0.15, -0.1) is 0 Å². The van der Waals surface area contributed by atoms with E-state index < -0.39 is 80.0 Å². The maximum absolute atomic E-state index is 15.2. The molecule has 1 aromatic heterocycles. The van der Waals surface area contributed by atoms with Gasteiger partial charge >= 0.3 is 0 Å². The summed E-state index contributed by atoms with van der Waals surface area (Å²) in [6.07, 6.45) is -0.115. The first kappa shape index (κ1) is 31.6. The van der Waals surface area contributed by atoms with Crippen molar-refractivity contribution in [2.75, 3.05) is 18.5 Å². The summed E-state index contributed by atoms with van der Waals surface area (Å²) in [6.45, 7) is 0.591. The number of carbonyl (C=O) groups excluding carboxylic acids is 3. The number of rotatable bonds is 10. The van der Waals surface area contributed by atoms with E-state index in [0.29, 0.717) is 19.3 Å². The van der Waals surface area contributed by atoms with Gasteiger partial charge < -0.3 is 19.9 Å². The van der Waals surface area contributed by atoms with E-state index in [0.717, 1.165) is 29.9 Å². The monoisotopic (exact) mass is 620 g/mol. The zero-order valence-electron chi connectivity index (χ0n) is 22.4. The summed E-state index contributed by atoms with van der Waals surface area (Å²) < 4.78 is 106. The molecule has 2 unspecified atom stereocenters. The third-order valence-electron chi connectivity index (χ3n) is 7.25. The van der Waals surface area contributed by atoms with Crippen molar-refractivity contribution in [1.82, 2.24) is 14.6 Å². The molecule has 230 valence electrons. The molecular formula is C26H29F5N4O6S. The first-order valence-corrected chi connectivity index (χ1v) is 14.6. The van der Waals surface area contributed by atoms with Gasteiger partial charge in [-0.05, 0) is 30.9 Å². The second-order valence-electron chi connectivity index (χ2n) is 10.5. The van der Waals surface area contributed by atoms with Crippen LogP contribution in [0.2, 0.25) is 0 Å². The number of ketones is 1. The smallest absolute Gasteiger partial charge is 0.287 e. The molecular weight excluding hydrogens is 591 g/mol. The Hall–Kier alpha value is -3.37. The van der Waals surface area contributed by atoms with Gasteiger partial charge in [0.2, 0.25) is 15.8 Å². The lowest BCUT2D eigenvalue weighted by Crippen LogP contribution is -2.50. The van der Waals surface area contributed by atoms with Crippen LogP contribution in [0.25, 0.3) is 0 Å². The zero-order chi connectivity index (χ0) is 30.8. The van der Waals surface area contributed by atoms with Crippen molar-refractivity contribution in [3.8, 4) is 0 Å². The standard InChI is InChI=1S/C26H29F5N4O6S/c1-35-11-20(22(29)23(35)25(38)32-15-6-7-17(27)18(28)9-15)42(39,40)34-21-4-2-3-14(10-26(21,30)31)5-8-19(36)24(37)33-16-12-41-13-16/h6-7,9,11,14,16,21,34H,2-5,8,10,12-13H2,1H3,(H,32,38)(H,33,37). The quantitative estimate of drug-likeness (QED) is 0.212. The number of alkyl halides is 2. The molecule has 42 heavy (non-hydrogen) atoms. The summed E-state index contributed by atoms with van der Waals surface area (Å²) in [5.41, 5.74) is -1.02. The van der Waals surface area contributed by atoms with Gasteiger partial charge in [-0.3, -0.25) is 14.4 Å². The number of nitrogens with one attached hydrogen (secondary N) is 3.